The van der Waals surface area contributed by atoms with Crippen molar-refractivity contribution in [1.82, 2.24) is 4.57 Å². The molecule has 0 saturated carbocycles. The average Bonchev–Trinajstić information content (AvgIpc) is 2.80. The molecule has 4 nitrogen and oxygen atoms in total. The van der Waals surface area contributed by atoms with Crippen molar-refractivity contribution in [2.24, 2.45) is 0 Å². The van der Waals surface area contributed by atoms with Gasteiger partial charge in [0.25, 0.3) is 0 Å². The van der Waals surface area contributed by atoms with Crippen molar-refractivity contribution in [3.05, 3.63) is 48.8 Å². The first kappa shape index (κ1) is 14.5. The Bertz CT molecular complexity index is 465. The molecule has 0 aliphatic carbocycles. The van der Waals surface area contributed by atoms with E-state index in [0.29, 0.717) is 5.75 Å². The van der Waals surface area contributed by atoms with E-state index in [0.717, 1.165) is 5.69 Å². The van der Waals surface area contributed by atoms with Gasteiger partial charge in [0.2, 0.25) is 0 Å². The number of ether oxygens (including phenoxy) is 1. The van der Waals surface area contributed by atoms with Crippen molar-refractivity contribution >= 4 is 5.97 Å². The van der Waals surface area contributed by atoms with Crippen LogP contribution in [-0.4, -0.2) is 17.1 Å². The van der Waals surface area contributed by atoms with Crippen LogP contribution in [0.1, 0.15) is 0 Å². The van der Waals surface area contributed by atoms with Gasteiger partial charge in [0.05, 0.1) is 5.97 Å². The van der Waals surface area contributed by atoms with Crippen molar-refractivity contribution in [2.75, 3.05) is 6.61 Å². The minimum Gasteiger partial charge on any atom is -0.546 e. The van der Waals surface area contributed by atoms with Crippen LogP contribution in [0.3, 0.4) is 0 Å². The fourth-order valence-electron chi connectivity index (χ4n) is 1.36. The van der Waals surface area contributed by atoms with E-state index in [1.165, 1.54) is 0 Å². The summed E-state index contributed by atoms with van der Waals surface area (Å²) in [4.78, 5) is 10.2. The molecular formula is C12H10KNO3. The van der Waals surface area contributed by atoms with E-state index in [9.17, 15) is 9.90 Å². The summed E-state index contributed by atoms with van der Waals surface area (Å²) >= 11 is 0. The number of carboxylic acid groups (broad SMARTS) is 1. The average molecular weight is 255 g/mol. The number of carbonyl (C=O) groups excluding carboxylic acids is 1. The zero-order valence-electron chi connectivity index (χ0n) is 9.50. The number of benzene rings is 1. The zero-order valence-corrected chi connectivity index (χ0v) is 12.6. The van der Waals surface area contributed by atoms with Crippen molar-refractivity contribution < 1.29 is 66.0 Å². The van der Waals surface area contributed by atoms with Gasteiger partial charge in [-0.2, -0.15) is 0 Å². The molecule has 0 atom stereocenters. The topological polar surface area (TPSA) is 54.3 Å². The second kappa shape index (κ2) is 6.98. The Labute approximate surface area is 142 Å². The fraction of sp³-hybridized carbons (Fsp3) is 0.0833. The maximum Gasteiger partial charge on any atom is 1.00 e. The van der Waals surface area contributed by atoms with Gasteiger partial charge in [-0.15, -0.1) is 0 Å². The van der Waals surface area contributed by atoms with Gasteiger partial charge in [-0.3, -0.25) is 0 Å². The van der Waals surface area contributed by atoms with Gasteiger partial charge < -0.3 is 19.2 Å². The van der Waals surface area contributed by atoms with Gasteiger partial charge in [0.15, 0.2) is 0 Å². The SMILES string of the molecule is O=C([O-])COc1ccc(-n2cccc2)cc1.[K+]. The maximum atomic E-state index is 10.2. The molecule has 2 aromatic rings. The number of carbonyl (C=O) groups is 1. The molecular weight excluding hydrogens is 245 g/mol. The second-order valence-electron chi connectivity index (χ2n) is 3.24. The molecule has 0 N–H and O–H groups in total. The molecule has 1 aromatic heterocycles. The van der Waals surface area contributed by atoms with Crippen LogP contribution in [0, 0.1) is 0 Å². The molecule has 0 spiro atoms. The Morgan fingerprint density at radius 1 is 1.18 bits per heavy atom. The Balaban J connectivity index is 0.00000144. The minimum absolute atomic E-state index is 0. The molecule has 0 fully saturated rings. The summed E-state index contributed by atoms with van der Waals surface area (Å²) in [5.41, 5.74) is 0.991. The van der Waals surface area contributed by atoms with Crippen LogP contribution >= 0.6 is 0 Å². The summed E-state index contributed by atoms with van der Waals surface area (Å²) in [6.45, 7) is -0.428. The molecule has 2 rings (SSSR count). The number of aromatic nitrogens is 1. The quantitative estimate of drug-likeness (QED) is 0.573. The third-order valence-electron chi connectivity index (χ3n) is 2.10. The predicted octanol–water partition coefficient (Wildman–Crippen LogP) is -2.39. The Morgan fingerprint density at radius 2 is 1.76 bits per heavy atom. The molecule has 0 aliphatic heterocycles. The normalized spacial score (nSPS) is 9.41. The van der Waals surface area contributed by atoms with Gasteiger partial charge in [-0.05, 0) is 36.4 Å². The minimum atomic E-state index is -1.23. The van der Waals surface area contributed by atoms with E-state index < -0.39 is 12.6 Å². The summed E-state index contributed by atoms with van der Waals surface area (Å²) in [6, 6.07) is 11.0. The van der Waals surface area contributed by atoms with Gasteiger partial charge in [-0.25, -0.2) is 0 Å². The molecule has 0 saturated heterocycles. The van der Waals surface area contributed by atoms with E-state index >= 15 is 0 Å². The molecule has 1 heterocycles. The largest absolute Gasteiger partial charge is 1.00 e. The number of aliphatic carboxylic acids is 1. The summed E-state index contributed by atoms with van der Waals surface area (Å²) in [5, 5.41) is 10.2. The standard InChI is InChI=1S/C12H11NO3.K/c14-12(15)9-16-11-5-3-10(4-6-11)13-7-1-2-8-13;/h1-8H,9H2,(H,14,15);/q;+1/p-1. The second-order valence-corrected chi connectivity index (χ2v) is 3.24. The molecule has 1 aromatic carbocycles. The predicted molar refractivity (Wildman–Crippen MR) is 56.3 cm³/mol. The molecule has 82 valence electrons. The molecule has 0 radical (unpaired) electrons. The molecule has 5 heteroatoms. The van der Waals surface area contributed by atoms with E-state index in [2.05, 4.69) is 0 Å². The van der Waals surface area contributed by atoms with Crippen molar-refractivity contribution in [3.8, 4) is 11.4 Å². The first-order valence-corrected chi connectivity index (χ1v) is 4.82. The van der Waals surface area contributed by atoms with Gasteiger partial charge in [0, 0.05) is 18.1 Å². The molecule has 17 heavy (non-hydrogen) atoms. The Hall–Kier alpha value is -0.594. The summed E-state index contributed by atoms with van der Waals surface area (Å²) in [7, 11) is 0. The van der Waals surface area contributed by atoms with Crippen LogP contribution < -0.4 is 61.2 Å². The van der Waals surface area contributed by atoms with Crippen LogP contribution in [0.4, 0.5) is 0 Å². The smallest absolute Gasteiger partial charge is 0.546 e. The third-order valence-corrected chi connectivity index (χ3v) is 2.10. The number of hydrogen-bond acceptors (Lipinski definition) is 3. The zero-order chi connectivity index (χ0) is 11.4. The van der Waals surface area contributed by atoms with E-state index in [4.69, 9.17) is 4.74 Å². The summed E-state index contributed by atoms with van der Waals surface area (Å²) in [6.07, 6.45) is 3.86. The van der Waals surface area contributed by atoms with Crippen LogP contribution in [0.25, 0.3) is 5.69 Å². The first-order chi connectivity index (χ1) is 7.75. The molecule has 0 aliphatic rings. The third kappa shape index (κ3) is 4.29. The van der Waals surface area contributed by atoms with E-state index in [1.54, 1.807) is 12.1 Å². The number of hydrogen-bond donors (Lipinski definition) is 0. The van der Waals surface area contributed by atoms with Crippen molar-refractivity contribution in [1.29, 1.82) is 0 Å². The monoisotopic (exact) mass is 255 g/mol. The number of nitrogens with zero attached hydrogens (tertiary/aromatic N) is 1. The maximum absolute atomic E-state index is 10.2. The van der Waals surface area contributed by atoms with Gasteiger partial charge in [-0.1, -0.05) is 0 Å². The van der Waals surface area contributed by atoms with Crippen molar-refractivity contribution in [2.45, 2.75) is 0 Å². The summed E-state index contributed by atoms with van der Waals surface area (Å²) in [5.74, 6) is -0.713. The number of carboxylic acids is 1. The van der Waals surface area contributed by atoms with Crippen LogP contribution in [0.2, 0.25) is 0 Å². The first-order valence-electron chi connectivity index (χ1n) is 4.82. The summed E-state index contributed by atoms with van der Waals surface area (Å²) < 4.78 is 6.92. The van der Waals surface area contributed by atoms with Gasteiger partial charge >= 0.3 is 51.4 Å². The van der Waals surface area contributed by atoms with E-state index in [-0.39, 0.29) is 51.4 Å². The van der Waals surface area contributed by atoms with Crippen molar-refractivity contribution in [3.63, 3.8) is 0 Å². The van der Waals surface area contributed by atoms with Crippen LogP contribution in [0.5, 0.6) is 5.75 Å². The van der Waals surface area contributed by atoms with E-state index in [1.807, 2.05) is 41.2 Å². The molecule has 0 amide bonds. The Kier molecular flexibility index (Phi) is 5.94. The van der Waals surface area contributed by atoms with Crippen LogP contribution in [-0.2, 0) is 4.79 Å². The number of rotatable bonds is 4. The molecule has 0 unspecified atom stereocenters. The fourth-order valence-corrected chi connectivity index (χ4v) is 1.36. The van der Waals surface area contributed by atoms with Crippen LogP contribution in [0.15, 0.2) is 48.8 Å². The molecule has 0 bridgehead atoms. The van der Waals surface area contributed by atoms with Gasteiger partial charge in [0.1, 0.15) is 12.4 Å². The Morgan fingerprint density at radius 3 is 2.29 bits per heavy atom.